The first-order valence-electron chi connectivity index (χ1n) is 6.86. The number of nitrogens with one attached hydrogen (secondary N) is 2. The van der Waals surface area contributed by atoms with Crippen LogP contribution in [0.1, 0.15) is 29.7 Å². The van der Waals surface area contributed by atoms with Crippen LogP contribution in [0.15, 0.2) is 42.5 Å². The predicted octanol–water partition coefficient (Wildman–Crippen LogP) is 4.84. The van der Waals surface area contributed by atoms with Crippen molar-refractivity contribution < 1.29 is 4.79 Å². The number of halogens is 1. The van der Waals surface area contributed by atoms with Crippen LogP contribution in [0.4, 0.5) is 10.5 Å². The third-order valence-electron chi connectivity index (χ3n) is 3.55. The minimum absolute atomic E-state index is 0.117. The number of rotatable bonds is 3. The van der Waals surface area contributed by atoms with Crippen molar-refractivity contribution in [1.82, 2.24) is 5.32 Å². The lowest BCUT2D eigenvalue weighted by Gasteiger charge is -2.16. The van der Waals surface area contributed by atoms with Gasteiger partial charge in [-0.2, -0.15) is 0 Å². The molecule has 4 heteroatoms. The van der Waals surface area contributed by atoms with E-state index >= 15 is 0 Å². The second-order valence-electron chi connectivity index (χ2n) is 5.12. The van der Waals surface area contributed by atoms with Crippen LogP contribution in [0, 0.1) is 13.8 Å². The van der Waals surface area contributed by atoms with Gasteiger partial charge in [-0.15, -0.1) is 0 Å². The summed E-state index contributed by atoms with van der Waals surface area (Å²) in [5.74, 6) is 0. The largest absolute Gasteiger partial charge is 0.331 e. The average molecular weight is 303 g/mol. The van der Waals surface area contributed by atoms with Crippen LogP contribution in [0.25, 0.3) is 0 Å². The minimum Gasteiger partial charge on any atom is -0.331 e. The normalized spacial score (nSPS) is 11.8. The van der Waals surface area contributed by atoms with E-state index in [-0.39, 0.29) is 12.1 Å². The Labute approximate surface area is 130 Å². The molecule has 0 aliphatic rings. The molecule has 2 rings (SSSR count). The van der Waals surface area contributed by atoms with Gasteiger partial charge >= 0.3 is 6.03 Å². The summed E-state index contributed by atoms with van der Waals surface area (Å²) in [5.41, 5.74) is 4.02. The average Bonchev–Trinajstić information content (AvgIpc) is 2.44. The molecule has 0 aliphatic carbocycles. The number of hydrogen-bond acceptors (Lipinski definition) is 1. The Balaban J connectivity index is 2.03. The summed E-state index contributed by atoms with van der Waals surface area (Å²) in [5, 5.41) is 6.46. The predicted molar refractivity (Wildman–Crippen MR) is 87.9 cm³/mol. The van der Waals surface area contributed by atoms with E-state index in [9.17, 15) is 4.79 Å². The van der Waals surface area contributed by atoms with Crippen LogP contribution in [0.2, 0.25) is 5.02 Å². The van der Waals surface area contributed by atoms with Gasteiger partial charge in [-0.25, -0.2) is 4.79 Å². The van der Waals surface area contributed by atoms with Crippen molar-refractivity contribution >= 4 is 23.3 Å². The fourth-order valence-corrected chi connectivity index (χ4v) is 2.30. The number of anilines is 1. The molecule has 0 aromatic heterocycles. The number of amides is 2. The molecular weight excluding hydrogens is 284 g/mol. The van der Waals surface area contributed by atoms with E-state index in [1.165, 1.54) is 0 Å². The Kier molecular flexibility index (Phi) is 4.86. The summed E-state index contributed by atoms with van der Waals surface area (Å²) < 4.78 is 0. The molecule has 2 aromatic rings. The minimum atomic E-state index is -0.226. The zero-order chi connectivity index (χ0) is 15.4. The second kappa shape index (κ2) is 6.64. The van der Waals surface area contributed by atoms with Crippen LogP contribution < -0.4 is 10.6 Å². The van der Waals surface area contributed by atoms with Crippen molar-refractivity contribution in [2.75, 3.05) is 5.32 Å². The van der Waals surface area contributed by atoms with Gasteiger partial charge in [0.05, 0.1) is 6.04 Å². The van der Waals surface area contributed by atoms with E-state index in [0.29, 0.717) is 5.02 Å². The maximum atomic E-state index is 12.1. The molecular formula is C17H19ClN2O. The summed E-state index contributed by atoms with van der Waals surface area (Å²) >= 11 is 5.97. The van der Waals surface area contributed by atoms with Crippen molar-refractivity contribution in [3.8, 4) is 0 Å². The maximum Gasteiger partial charge on any atom is 0.319 e. The first-order chi connectivity index (χ1) is 9.97. The van der Waals surface area contributed by atoms with Crippen LogP contribution in [-0.4, -0.2) is 6.03 Å². The molecule has 0 spiro atoms. The van der Waals surface area contributed by atoms with Gasteiger partial charge in [0.2, 0.25) is 0 Å². The SMILES string of the molecule is Cc1cccc(NC(=O)N[C@H](C)c2cccc(Cl)c2)c1C. The molecule has 0 fully saturated rings. The van der Waals surface area contributed by atoms with Gasteiger partial charge in [-0.1, -0.05) is 35.9 Å². The third kappa shape index (κ3) is 3.99. The summed E-state index contributed by atoms with van der Waals surface area (Å²) in [6, 6.07) is 13.0. The van der Waals surface area contributed by atoms with Crippen molar-refractivity contribution in [2.24, 2.45) is 0 Å². The maximum absolute atomic E-state index is 12.1. The van der Waals surface area contributed by atoms with E-state index in [0.717, 1.165) is 22.4 Å². The fourth-order valence-electron chi connectivity index (χ4n) is 2.10. The Morgan fingerprint density at radius 1 is 1.14 bits per heavy atom. The number of hydrogen-bond donors (Lipinski definition) is 2. The molecule has 2 N–H and O–H groups in total. The first kappa shape index (κ1) is 15.4. The highest BCUT2D eigenvalue weighted by molar-refractivity contribution is 6.30. The number of carbonyl (C=O) groups is 1. The standard InChI is InChI=1S/C17H19ClN2O/c1-11-6-4-9-16(12(11)2)20-17(21)19-13(3)14-7-5-8-15(18)10-14/h4-10,13H,1-3H3,(H2,19,20,21)/t13-/m1/s1. The lowest BCUT2D eigenvalue weighted by atomic mass is 10.1. The van der Waals surface area contributed by atoms with Gasteiger partial charge in [-0.3, -0.25) is 0 Å². The monoisotopic (exact) mass is 302 g/mol. The zero-order valence-corrected chi connectivity index (χ0v) is 13.2. The second-order valence-corrected chi connectivity index (χ2v) is 5.56. The highest BCUT2D eigenvalue weighted by atomic mass is 35.5. The van der Waals surface area contributed by atoms with E-state index < -0.39 is 0 Å². The van der Waals surface area contributed by atoms with Crippen molar-refractivity contribution in [3.05, 3.63) is 64.2 Å². The van der Waals surface area contributed by atoms with Gasteiger partial charge in [0, 0.05) is 10.7 Å². The van der Waals surface area contributed by atoms with Gasteiger partial charge in [0.25, 0.3) is 0 Å². The first-order valence-corrected chi connectivity index (χ1v) is 7.24. The fraction of sp³-hybridized carbons (Fsp3) is 0.235. The van der Waals surface area contributed by atoms with E-state index in [1.807, 2.05) is 63.2 Å². The highest BCUT2D eigenvalue weighted by Crippen LogP contribution is 2.19. The molecule has 0 saturated heterocycles. The van der Waals surface area contributed by atoms with E-state index in [4.69, 9.17) is 11.6 Å². The zero-order valence-electron chi connectivity index (χ0n) is 12.4. The van der Waals surface area contributed by atoms with Gasteiger partial charge in [-0.05, 0) is 55.7 Å². The van der Waals surface area contributed by atoms with Gasteiger partial charge in [0.15, 0.2) is 0 Å². The third-order valence-corrected chi connectivity index (χ3v) is 3.78. The molecule has 0 saturated carbocycles. The smallest absolute Gasteiger partial charge is 0.319 e. The lowest BCUT2D eigenvalue weighted by Crippen LogP contribution is -2.31. The Morgan fingerprint density at radius 2 is 1.86 bits per heavy atom. The number of urea groups is 1. The molecule has 0 aliphatic heterocycles. The highest BCUT2D eigenvalue weighted by Gasteiger charge is 2.11. The quantitative estimate of drug-likeness (QED) is 0.837. The molecule has 21 heavy (non-hydrogen) atoms. The van der Waals surface area contributed by atoms with Crippen molar-refractivity contribution in [2.45, 2.75) is 26.8 Å². The molecule has 0 bridgehead atoms. The molecule has 0 unspecified atom stereocenters. The van der Waals surface area contributed by atoms with Crippen LogP contribution in [0.3, 0.4) is 0 Å². The van der Waals surface area contributed by atoms with Crippen molar-refractivity contribution in [1.29, 1.82) is 0 Å². The molecule has 3 nitrogen and oxygen atoms in total. The summed E-state index contributed by atoms with van der Waals surface area (Å²) in [6.07, 6.45) is 0. The van der Waals surface area contributed by atoms with Gasteiger partial charge in [0.1, 0.15) is 0 Å². The van der Waals surface area contributed by atoms with Gasteiger partial charge < -0.3 is 10.6 Å². The van der Waals surface area contributed by atoms with E-state index in [1.54, 1.807) is 0 Å². The van der Waals surface area contributed by atoms with E-state index in [2.05, 4.69) is 10.6 Å². The number of aryl methyl sites for hydroxylation is 1. The summed E-state index contributed by atoms with van der Waals surface area (Å²) in [4.78, 5) is 12.1. The van der Waals surface area contributed by atoms with Crippen LogP contribution in [0.5, 0.6) is 0 Å². The summed E-state index contributed by atoms with van der Waals surface area (Å²) in [6.45, 7) is 5.94. The summed E-state index contributed by atoms with van der Waals surface area (Å²) in [7, 11) is 0. The molecule has 0 heterocycles. The molecule has 1 atom stereocenters. The lowest BCUT2D eigenvalue weighted by molar-refractivity contribution is 0.249. The molecule has 0 radical (unpaired) electrons. The van der Waals surface area contributed by atoms with Crippen molar-refractivity contribution in [3.63, 3.8) is 0 Å². The van der Waals surface area contributed by atoms with Crippen LogP contribution >= 0.6 is 11.6 Å². The molecule has 2 amide bonds. The molecule has 2 aromatic carbocycles. The topological polar surface area (TPSA) is 41.1 Å². The van der Waals surface area contributed by atoms with Crippen LogP contribution in [-0.2, 0) is 0 Å². The number of benzene rings is 2. The Bertz CT molecular complexity index is 655. The Hall–Kier alpha value is -2.00. The molecule has 110 valence electrons. The Morgan fingerprint density at radius 3 is 2.57 bits per heavy atom. The number of carbonyl (C=O) groups excluding carboxylic acids is 1.